The number of amides is 1. The number of benzene rings is 1. The molecule has 1 saturated heterocycles. The van der Waals surface area contributed by atoms with E-state index >= 15 is 0 Å². The van der Waals surface area contributed by atoms with Gasteiger partial charge >= 0.3 is 6.18 Å². The molecule has 6 nitrogen and oxygen atoms in total. The van der Waals surface area contributed by atoms with Crippen molar-refractivity contribution >= 4 is 5.91 Å². The van der Waals surface area contributed by atoms with Gasteiger partial charge in [0.15, 0.2) is 0 Å². The van der Waals surface area contributed by atoms with Gasteiger partial charge in [0, 0.05) is 38.2 Å². The van der Waals surface area contributed by atoms with Crippen LogP contribution in [0.3, 0.4) is 0 Å². The lowest BCUT2D eigenvalue weighted by atomic mass is 10.0. The van der Waals surface area contributed by atoms with Crippen molar-refractivity contribution in [3.05, 3.63) is 35.7 Å². The van der Waals surface area contributed by atoms with E-state index in [1.54, 1.807) is 0 Å². The molecule has 2 aromatic rings. The van der Waals surface area contributed by atoms with Crippen LogP contribution < -0.4 is 0 Å². The predicted octanol–water partition coefficient (Wildman–Crippen LogP) is 4.37. The lowest BCUT2D eigenvalue weighted by Crippen LogP contribution is -2.48. The summed E-state index contributed by atoms with van der Waals surface area (Å²) in [5.74, 6) is 1.44. The highest BCUT2D eigenvalue weighted by Crippen LogP contribution is 2.31. The fourth-order valence-corrected chi connectivity index (χ4v) is 4.40. The number of carbonyl (C=O) groups excluding carboxylic acids is 1. The molecule has 0 bridgehead atoms. The molecule has 0 unspecified atom stereocenters. The van der Waals surface area contributed by atoms with Gasteiger partial charge in [0.2, 0.25) is 17.6 Å². The summed E-state index contributed by atoms with van der Waals surface area (Å²) in [6.45, 7) is 3.15. The van der Waals surface area contributed by atoms with Gasteiger partial charge in [0.1, 0.15) is 0 Å². The molecule has 2 fully saturated rings. The van der Waals surface area contributed by atoms with Gasteiger partial charge < -0.3 is 9.42 Å². The van der Waals surface area contributed by atoms with Gasteiger partial charge in [-0.25, -0.2) is 0 Å². The number of carbonyl (C=O) groups is 1. The summed E-state index contributed by atoms with van der Waals surface area (Å²) in [7, 11) is 0. The molecule has 1 amide bonds. The maximum Gasteiger partial charge on any atom is 0.416 e. The molecule has 4 rings (SSSR count). The zero-order valence-corrected chi connectivity index (χ0v) is 17.4. The zero-order chi connectivity index (χ0) is 21.8. The third kappa shape index (κ3) is 5.64. The Hall–Kier alpha value is -2.42. The number of rotatable bonds is 6. The highest BCUT2D eigenvalue weighted by Gasteiger charge is 2.31. The van der Waals surface area contributed by atoms with Crippen molar-refractivity contribution in [3.8, 4) is 11.4 Å². The molecule has 31 heavy (non-hydrogen) atoms. The van der Waals surface area contributed by atoms with E-state index in [4.69, 9.17) is 4.52 Å². The molecule has 1 aromatic carbocycles. The van der Waals surface area contributed by atoms with Gasteiger partial charge in [-0.1, -0.05) is 43.0 Å². The third-order valence-corrected chi connectivity index (χ3v) is 6.24. The summed E-state index contributed by atoms with van der Waals surface area (Å²) >= 11 is 0. The summed E-state index contributed by atoms with van der Waals surface area (Å²) in [6.07, 6.45) is 2.32. The van der Waals surface area contributed by atoms with Gasteiger partial charge in [0.25, 0.3) is 0 Å². The Morgan fingerprint density at radius 2 is 1.87 bits per heavy atom. The Morgan fingerprint density at radius 3 is 2.58 bits per heavy atom. The van der Waals surface area contributed by atoms with Crippen LogP contribution in [-0.4, -0.2) is 52.0 Å². The van der Waals surface area contributed by atoms with Crippen LogP contribution in [0.15, 0.2) is 28.8 Å². The average molecular weight is 436 g/mol. The molecule has 0 radical (unpaired) electrons. The maximum atomic E-state index is 12.9. The Morgan fingerprint density at radius 1 is 1.13 bits per heavy atom. The summed E-state index contributed by atoms with van der Waals surface area (Å²) in [5.41, 5.74) is -0.479. The van der Waals surface area contributed by atoms with Crippen LogP contribution in [0.5, 0.6) is 0 Å². The first kappa shape index (κ1) is 21.8. The van der Waals surface area contributed by atoms with Crippen LogP contribution in [-0.2, 0) is 17.5 Å². The fourth-order valence-electron chi connectivity index (χ4n) is 4.40. The Balaban J connectivity index is 1.27. The molecule has 1 aliphatic heterocycles. The number of hydrogen-bond donors (Lipinski definition) is 0. The molecule has 0 atom stereocenters. The minimum atomic E-state index is -4.42. The molecule has 0 spiro atoms. The molecule has 2 heterocycles. The van der Waals surface area contributed by atoms with E-state index in [0.717, 1.165) is 18.6 Å². The number of alkyl halides is 3. The van der Waals surface area contributed by atoms with Crippen LogP contribution in [0.4, 0.5) is 13.2 Å². The monoisotopic (exact) mass is 436 g/mol. The molecule has 2 aliphatic rings. The minimum Gasteiger partial charge on any atom is -0.340 e. The van der Waals surface area contributed by atoms with Crippen molar-refractivity contribution in [3.63, 3.8) is 0 Å². The van der Waals surface area contributed by atoms with E-state index in [2.05, 4.69) is 15.0 Å². The second-order valence-electron chi connectivity index (χ2n) is 8.44. The first-order valence-electron chi connectivity index (χ1n) is 10.9. The first-order chi connectivity index (χ1) is 14.9. The molecule has 1 aromatic heterocycles. The lowest BCUT2D eigenvalue weighted by Gasteiger charge is -2.34. The molecular formula is C22H27F3N4O2. The summed E-state index contributed by atoms with van der Waals surface area (Å²) < 4.78 is 44.0. The number of hydrogen-bond acceptors (Lipinski definition) is 5. The van der Waals surface area contributed by atoms with Gasteiger partial charge in [-0.15, -0.1) is 0 Å². The Labute approximate surface area is 179 Å². The second-order valence-corrected chi connectivity index (χ2v) is 8.44. The number of aromatic nitrogens is 2. The first-order valence-corrected chi connectivity index (χ1v) is 10.9. The predicted molar refractivity (Wildman–Crippen MR) is 108 cm³/mol. The van der Waals surface area contributed by atoms with Crippen molar-refractivity contribution in [2.75, 3.05) is 26.2 Å². The SMILES string of the molecule is O=C(CCC1CCCC1)N1CCN(Cc2nc(-c3cccc(C(F)(F)F)c3)no2)CC1. The maximum absolute atomic E-state index is 12.9. The van der Waals surface area contributed by atoms with Crippen molar-refractivity contribution in [1.29, 1.82) is 0 Å². The van der Waals surface area contributed by atoms with Gasteiger partial charge in [-0.05, 0) is 24.5 Å². The van der Waals surface area contributed by atoms with Crippen molar-refractivity contribution < 1.29 is 22.5 Å². The second kappa shape index (κ2) is 9.38. The quantitative estimate of drug-likeness (QED) is 0.673. The molecular weight excluding hydrogens is 409 g/mol. The Bertz CT molecular complexity index is 885. The molecule has 9 heteroatoms. The van der Waals surface area contributed by atoms with E-state index in [0.29, 0.717) is 51.0 Å². The lowest BCUT2D eigenvalue weighted by molar-refractivity contribution is -0.137. The van der Waals surface area contributed by atoms with Crippen LogP contribution in [0.1, 0.15) is 50.0 Å². The van der Waals surface area contributed by atoms with E-state index in [1.165, 1.54) is 37.8 Å². The van der Waals surface area contributed by atoms with Crippen LogP contribution in [0.25, 0.3) is 11.4 Å². The molecule has 1 aliphatic carbocycles. The van der Waals surface area contributed by atoms with E-state index in [-0.39, 0.29) is 17.3 Å². The molecule has 1 saturated carbocycles. The van der Waals surface area contributed by atoms with Crippen LogP contribution in [0, 0.1) is 5.92 Å². The molecule has 0 N–H and O–H groups in total. The smallest absolute Gasteiger partial charge is 0.340 e. The third-order valence-electron chi connectivity index (χ3n) is 6.24. The van der Waals surface area contributed by atoms with E-state index < -0.39 is 11.7 Å². The van der Waals surface area contributed by atoms with Gasteiger partial charge in [-0.2, -0.15) is 18.2 Å². The van der Waals surface area contributed by atoms with E-state index in [1.807, 2.05) is 4.90 Å². The Kier molecular flexibility index (Phi) is 6.60. The topological polar surface area (TPSA) is 62.5 Å². The number of nitrogens with zero attached hydrogens (tertiary/aromatic N) is 4. The molecule has 168 valence electrons. The zero-order valence-electron chi connectivity index (χ0n) is 17.4. The van der Waals surface area contributed by atoms with Crippen molar-refractivity contribution in [2.24, 2.45) is 5.92 Å². The van der Waals surface area contributed by atoms with Crippen LogP contribution in [0.2, 0.25) is 0 Å². The summed E-state index contributed by atoms with van der Waals surface area (Å²) in [4.78, 5) is 20.8. The normalized spacial score (nSPS) is 18.6. The van der Waals surface area contributed by atoms with Crippen molar-refractivity contribution in [2.45, 2.75) is 51.2 Å². The van der Waals surface area contributed by atoms with Gasteiger partial charge in [-0.3, -0.25) is 9.69 Å². The van der Waals surface area contributed by atoms with Gasteiger partial charge in [0.05, 0.1) is 12.1 Å². The van der Waals surface area contributed by atoms with E-state index in [9.17, 15) is 18.0 Å². The summed E-state index contributed by atoms with van der Waals surface area (Å²) in [5, 5.41) is 3.84. The largest absolute Gasteiger partial charge is 0.416 e. The average Bonchev–Trinajstić information content (AvgIpc) is 3.44. The highest BCUT2D eigenvalue weighted by molar-refractivity contribution is 5.76. The highest BCUT2D eigenvalue weighted by atomic mass is 19.4. The number of piperazine rings is 1. The fraction of sp³-hybridized carbons (Fsp3) is 0.591. The summed E-state index contributed by atoms with van der Waals surface area (Å²) in [6, 6.07) is 4.89. The standard InChI is InChI=1S/C22H27F3N4O2/c23-22(24,25)18-7-3-6-17(14-18)21-26-19(31-27-21)15-28-10-12-29(13-11-28)20(30)9-8-16-4-1-2-5-16/h3,6-7,14,16H,1-2,4-5,8-13,15H2. The van der Waals surface area contributed by atoms with Crippen molar-refractivity contribution in [1.82, 2.24) is 19.9 Å². The number of halogens is 3. The minimum absolute atomic E-state index is 0.141. The van der Waals surface area contributed by atoms with Crippen LogP contribution >= 0.6 is 0 Å².